The fraction of sp³-hybridized carbons (Fsp3) is 0.464. The molecule has 0 spiro atoms. The first-order chi connectivity index (χ1) is 16.8. The maximum atomic E-state index is 13.8. The lowest BCUT2D eigenvalue weighted by atomic mass is 10.0. The zero-order valence-electron chi connectivity index (χ0n) is 22.3. The lowest BCUT2D eigenvalue weighted by molar-refractivity contribution is -0.140. The molecule has 0 fully saturated rings. The second-order valence-corrected chi connectivity index (χ2v) is 10.4. The fourth-order valence-corrected chi connectivity index (χ4v) is 3.96. The number of ether oxygens (including phenoxy) is 1. The summed E-state index contributed by atoms with van der Waals surface area (Å²) in [6, 6.07) is 11.0. The SMILES string of the molecule is CCCCN(C(=O)C(C)NC(=O)OC(C)(C)C)C(C(=O)Nc1c(C)cccc1Cl)c1ccc(C)cc1. The monoisotopic (exact) mass is 515 g/mol. The summed E-state index contributed by atoms with van der Waals surface area (Å²) in [7, 11) is 0. The van der Waals surface area contributed by atoms with E-state index in [1.165, 1.54) is 4.90 Å². The van der Waals surface area contributed by atoms with Crippen molar-refractivity contribution in [3.05, 3.63) is 64.2 Å². The summed E-state index contributed by atoms with van der Waals surface area (Å²) >= 11 is 6.37. The van der Waals surface area contributed by atoms with Crippen LogP contribution in [0.5, 0.6) is 0 Å². The molecule has 0 aliphatic heterocycles. The molecule has 0 aliphatic carbocycles. The van der Waals surface area contributed by atoms with E-state index in [0.29, 0.717) is 29.2 Å². The highest BCUT2D eigenvalue weighted by molar-refractivity contribution is 6.34. The molecule has 2 unspecified atom stereocenters. The van der Waals surface area contributed by atoms with Crippen molar-refractivity contribution in [3.8, 4) is 0 Å². The molecule has 196 valence electrons. The Bertz CT molecular complexity index is 1040. The lowest BCUT2D eigenvalue weighted by Gasteiger charge is -2.34. The third-order valence-electron chi connectivity index (χ3n) is 5.56. The predicted octanol–water partition coefficient (Wildman–Crippen LogP) is 6.18. The van der Waals surface area contributed by atoms with Crippen LogP contribution in [0.4, 0.5) is 10.5 Å². The van der Waals surface area contributed by atoms with E-state index in [4.69, 9.17) is 16.3 Å². The quantitative estimate of drug-likeness (QED) is 0.417. The van der Waals surface area contributed by atoms with Crippen molar-refractivity contribution < 1.29 is 19.1 Å². The Morgan fingerprint density at radius 3 is 2.25 bits per heavy atom. The van der Waals surface area contributed by atoms with Crippen LogP contribution < -0.4 is 10.6 Å². The average Bonchev–Trinajstić information content (AvgIpc) is 2.78. The minimum Gasteiger partial charge on any atom is -0.444 e. The molecule has 2 aromatic rings. The fourth-order valence-electron chi connectivity index (χ4n) is 3.69. The van der Waals surface area contributed by atoms with E-state index in [-0.39, 0.29) is 11.8 Å². The Morgan fingerprint density at radius 2 is 1.69 bits per heavy atom. The van der Waals surface area contributed by atoms with Crippen molar-refractivity contribution >= 4 is 35.2 Å². The van der Waals surface area contributed by atoms with E-state index in [1.807, 2.05) is 57.2 Å². The van der Waals surface area contributed by atoms with Crippen molar-refractivity contribution in [2.75, 3.05) is 11.9 Å². The molecule has 0 saturated heterocycles. The Hall–Kier alpha value is -3.06. The Labute approximate surface area is 219 Å². The third-order valence-corrected chi connectivity index (χ3v) is 5.88. The van der Waals surface area contributed by atoms with Crippen LogP contribution >= 0.6 is 11.6 Å². The summed E-state index contributed by atoms with van der Waals surface area (Å²) in [5.74, 6) is -0.769. The standard InChI is InChI=1S/C28H38ClN3O4/c1-8-9-17-32(26(34)20(4)30-27(35)36-28(5,6)7)24(21-15-13-18(2)14-16-21)25(33)31-23-19(3)11-10-12-22(23)29/h10-16,20,24H,8-9,17H2,1-7H3,(H,30,35)(H,31,33). The van der Waals surface area contributed by atoms with E-state index in [1.54, 1.807) is 33.8 Å². The van der Waals surface area contributed by atoms with Crippen molar-refractivity contribution in [1.29, 1.82) is 0 Å². The normalized spacial score (nSPS) is 12.9. The number of aryl methyl sites for hydroxylation is 2. The molecule has 0 heterocycles. The van der Waals surface area contributed by atoms with Crippen LogP contribution in [0.2, 0.25) is 5.02 Å². The van der Waals surface area contributed by atoms with E-state index in [2.05, 4.69) is 10.6 Å². The van der Waals surface area contributed by atoms with Crippen molar-refractivity contribution in [1.82, 2.24) is 10.2 Å². The van der Waals surface area contributed by atoms with Gasteiger partial charge in [-0.25, -0.2) is 4.79 Å². The van der Waals surface area contributed by atoms with Gasteiger partial charge in [0.25, 0.3) is 5.91 Å². The molecule has 0 aromatic heterocycles. The summed E-state index contributed by atoms with van der Waals surface area (Å²) in [6.07, 6.45) is 0.816. The van der Waals surface area contributed by atoms with Crippen LogP contribution in [-0.4, -0.2) is 41.0 Å². The third kappa shape index (κ3) is 8.26. The van der Waals surface area contributed by atoms with Gasteiger partial charge in [-0.15, -0.1) is 0 Å². The summed E-state index contributed by atoms with van der Waals surface area (Å²) in [4.78, 5) is 41.3. The molecule has 7 nitrogen and oxygen atoms in total. The average molecular weight is 516 g/mol. The number of benzene rings is 2. The van der Waals surface area contributed by atoms with Crippen molar-refractivity contribution in [3.63, 3.8) is 0 Å². The number of hydrogen-bond donors (Lipinski definition) is 2. The largest absolute Gasteiger partial charge is 0.444 e. The van der Waals surface area contributed by atoms with Gasteiger partial charge in [-0.3, -0.25) is 9.59 Å². The molecule has 0 aliphatic rings. The van der Waals surface area contributed by atoms with Crippen LogP contribution in [0, 0.1) is 13.8 Å². The molecule has 3 amide bonds. The highest BCUT2D eigenvalue weighted by atomic mass is 35.5. The molecule has 0 bridgehead atoms. The molecule has 8 heteroatoms. The number of carbonyl (C=O) groups excluding carboxylic acids is 3. The summed E-state index contributed by atoms with van der Waals surface area (Å²) < 4.78 is 5.32. The van der Waals surface area contributed by atoms with Gasteiger partial charge in [0, 0.05) is 6.54 Å². The Balaban J connectivity index is 2.45. The predicted molar refractivity (Wildman–Crippen MR) is 144 cm³/mol. The van der Waals surface area contributed by atoms with Gasteiger partial charge in [0.1, 0.15) is 17.7 Å². The second-order valence-electron chi connectivity index (χ2n) is 9.99. The zero-order valence-corrected chi connectivity index (χ0v) is 23.0. The zero-order chi connectivity index (χ0) is 27.0. The van der Waals surface area contributed by atoms with Crippen LogP contribution in [0.15, 0.2) is 42.5 Å². The van der Waals surface area contributed by atoms with E-state index in [0.717, 1.165) is 17.5 Å². The highest BCUT2D eigenvalue weighted by Gasteiger charge is 2.34. The summed E-state index contributed by atoms with van der Waals surface area (Å²) in [5.41, 5.74) is 2.31. The first kappa shape index (κ1) is 29.2. The number of carbonyl (C=O) groups is 3. The number of nitrogens with one attached hydrogen (secondary N) is 2. The molecular formula is C28H38ClN3O4. The number of anilines is 1. The van der Waals surface area contributed by atoms with Crippen LogP contribution in [0.25, 0.3) is 0 Å². The topological polar surface area (TPSA) is 87.7 Å². The van der Waals surface area contributed by atoms with E-state index in [9.17, 15) is 14.4 Å². The Kier molecular flexibility index (Phi) is 10.3. The maximum absolute atomic E-state index is 13.8. The van der Waals surface area contributed by atoms with Gasteiger partial charge >= 0.3 is 6.09 Å². The van der Waals surface area contributed by atoms with Crippen LogP contribution in [-0.2, 0) is 14.3 Å². The number of para-hydroxylation sites is 1. The van der Waals surface area contributed by atoms with Gasteiger partial charge < -0.3 is 20.3 Å². The Morgan fingerprint density at radius 1 is 1.06 bits per heavy atom. The first-order valence-electron chi connectivity index (χ1n) is 12.3. The summed E-state index contributed by atoms with van der Waals surface area (Å²) in [6.45, 7) is 13.0. The van der Waals surface area contributed by atoms with E-state index < -0.39 is 23.8 Å². The first-order valence-corrected chi connectivity index (χ1v) is 12.6. The molecule has 0 radical (unpaired) electrons. The van der Waals surface area contributed by atoms with Gasteiger partial charge in [-0.2, -0.15) is 0 Å². The van der Waals surface area contributed by atoms with Gasteiger partial charge in [0.15, 0.2) is 0 Å². The second kappa shape index (κ2) is 12.8. The number of alkyl carbamates (subject to hydrolysis) is 1. The lowest BCUT2D eigenvalue weighted by Crippen LogP contribution is -2.51. The number of nitrogens with zero attached hydrogens (tertiary/aromatic N) is 1. The number of amides is 3. The number of unbranched alkanes of at least 4 members (excludes halogenated alkanes) is 1. The molecule has 36 heavy (non-hydrogen) atoms. The molecule has 2 atom stereocenters. The van der Waals surface area contributed by atoms with Crippen LogP contribution in [0.3, 0.4) is 0 Å². The minimum absolute atomic E-state index is 0.336. The van der Waals surface area contributed by atoms with Crippen LogP contribution in [0.1, 0.15) is 70.2 Å². The van der Waals surface area contributed by atoms with Crippen molar-refractivity contribution in [2.24, 2.45) is 0 Å². The number of rotatable bonds is 9. The van der Waals surface area contributed by atoms with Gasteiger partial charge in [0.2, 0.25) is 5.91 Å². The molecule has 2 N–H and O–H groups in total. The molecule has 0 saturated carbocycles. The van der Waals surface area contributed by atoms with Gasteiger partial charge in [-0.1, -0.05) is 66.9 Å². The van der Waals surface area contributed by atoms with E-state index >= 15 is 0 Å². The smallest absolute Gasteiger partial charge is 0.408 e. The van der Waals surface area contributed by atoms with Gasteiger partial charge in [-0.05, 0) is 65.2 Å². The number of halogens is 1. The molecular weight excluding hydrogens is 478 g/mol. The maximum Gasteiger partial charge on any atom is 0.408 e. The molecule has 2 aromatic carbocycles. The highest BCUT2D eigenvalue weighted by Crippen LogP contribution is 2.29. The summed E-state index contributed by atoms with van der Waals surface area (Å²) in [5, 5.41) is 5.96. The van der Waals surface area contributed by atoms with Crippen molar-refractivity contribution in [2.45, 2.75) is 79.0 Å². The molecule has 2 rings (SSSR count). The van der Waals surface area contributed by atoms with Gasteiger partial charge in [0.05, 0.1) is 10.7 Å². The number of hydrogen-bond acceptors (Lipinski definition) is 4. The minimum atomic E-state index is -0.928.